The van der Waals surface area contributed by atoms with E-state index >= 15 is 0 Å². The van der Waals surface area contributed by atoms with Crippen molar-refractivity contribution >= 4 is 0 Å². The lowest BCUT2D eigenvalue weighted by Crippen LogP contribution is -2.41. The van der Waals surface area contributed by atoms with Crippen LogP contribution in [0.25, 0.3) is 0 Å². The Balaban J connectivity index is 0.000000184. The highest BCUT2D eigenvalue weighted by Crippen LogP contribution is 2.15. The van der Waals surface area contributed by atoms with Crippen molar-refractivity contribution < 1.29 is 9.84 Å². The van der Waals surface area contributed by atoms with E-state index in [1.54, 1.807) is 7.11 Å². The molecule has 0 radical (unpaired) electrons. The van der Waals surface area contributed by atoms with E-state index in [0.29, 0.717) is 12.6 Å². The molecule has 0 spiro atoms. The molecule has 1 N–H and O–H groups in total. The fourth-order valence-corrected chi connectivity index (χ4v) is 2.24. The number of hydrogen-bond donors (Lipinski definition) is 1. The summed E-state index contributed by atoms with van der Waals surface area (Å²) >= 11 is 0. The zero-order valence-corrected chi connectivity index (χ0v) is 11.5. The summed E-state index contributed by atoms with van der Waals surface area (Å²) in [5, 5.41) is 8.95. The van der Waals surface area contributed by atoms with Crippen molar-refractivity contribution in [1.82, 2.24) is 4.90 Å². The molecule has 0 amide bonds. The number of methoxy groups -OCH3 is 1. The van der Waals surface area contributed by atoms with Gasteiger partial charge in [0.05, 0.1) is 13.7 Å². The Morgan fingerprint density at radius 3 is 2.44 bits per heavy atom. The molecular formula is C15H25NO2. The first-order chi connectivity index (χ1) is 8.81. The number of para-hydroxylation sites is 1. The van der Waals surface area contributed by atoms with E-state index in [9.17, 15) is 0 Å². The van der Waals surface area contributed by atoms with Gasteiger partial charge in [0.1, 0.15) is 5.75 Å². The number of aliphatic hydroxyl groups is 1. The molecule has 1 heterocycles. The molecule has 1 aliphatic heterocycles. The minimum atomic E-state index is 0.341. The van der Waals surface area contributed by atoms with Gasteiger partial charge in [-0.25, -0.2) is 0 Å². The van der Waals surface area contributed by atoms with Crippen LogP contribution in [0.5, 0.6) is 5.75 Å². The molecule has 18 heavy (non-hydrogen) atoms. The van der Waals surface area contributed by atoms with Crippen LogP contribution in [0.1, 0.15) is 26.2 Å². The number of aliphatic hydroxyl groups excluding tert-OH is 1. The molecule has 1 atom stereocenters. The molecule has 1 aliphatic rings. The molecule has 0 saturated carbocycles. The number of likely N-dealkylation sites (tertiary alicyclic amines) is 1. The van der Waals surface area contributed by atoms with Crippen LogP contribution in [0.2, 0.25) is 0 Å². The van der Waals surface area contributed by atoms with Crippen molar-refractivity contribution in [3.63, 3.8) is 0 Å². The number of ether oxygens (including phenoxy) is 1. The third kappa shape index (κ3) is 5.07. The Morgan fingerprint density at radius 2 is 2.00 bits per heavy atom. The molecule has 2 rings (SSSR count). The third-order valence-corrected chi connectivity index (χ3v) is 3.34. The van der Waals surface area contributed by atoms with Crippen LogP contribution in [0.3, 0.4) is 0 Å². The van der Waals surface area contributed by atoms with Crippen LogP contribution in [0.15, 0.2) is 30.3 Å². The van der Waals surface area contributed by atoms with Gasteiger partial charge in [-0.3, -0.25) is 4.90 Å². The summed E-state index contributed by atoms with van der Waals surface area (Å²) in [6.45, 7) is 4.77. The zero-order chi connectivity index (χ0) is 13.2. The van der Waals surface area contributed by atoms with Crippen LogP contribution >= 0.6 is 0 Å². The van der Waals surface area contributed by atoms with Crippen molar-refractivity contribution in [1.29, 1.82) is 0 Å². The van der Waals surface area contributed by atoms with Crippen LogP contribution in [-0.2, 0) is 0 Å². The van der Waals surface area contributed by atoms with Gasteiger partial charge < -0.3 is 9.84 Å². The minimum Gasteiger partial charge on any atom is -0.497 e. The summed E-state index contributed by atoms with van der Waals surface area (Å²) in [6, 6.07) is 10.1. The predicted molar refractivity (Wildman–Crippen MR) is 75.0 cm³/mol. The quantitative estimate of drug-likeness (QED) is 0.896. The Labute approximate surface area is 110 Å². The summed E-state index contributed by atoms with van der Waals surface area (Å²) in [5.41, 5.74) is 0. The molecule has 0 bridgehead atoms. The van der Waals surface area contributed by atoms with E-state index in [2.05, 4.69) is 11.8 Å². The summed E-state index contributed by atoms with van der Waals surface area (Å²) in [4.78, 5) is 2.36. The molecule has 3 nitrogen and oxygen atoms in total. The zero-order valence-electron chi connectivity index (χ0n) is 11.5. The van der Waals surface area contributed by atoms with Gasteiger partial charge in [0, 0.05) is 6.04 Å². The number of likely N-dealkylation sites (N-methyl/N-ethyl adjacent to an activating group) is 1. The average molecular weight is 251 g/mol. The highest BCUT2D eigenvalue weighted by atomic mass is 16.5. The minimum absolute atomic E-state index is 0.341. The SMILES string of the molecule is CCN1CCCCC1CO.COc1ccccc1. The van der Waals surface area contributed by atoms with E-state index in [4.69, 9.17) is 9.84 Å². The lowest BCUT2D eigenvalue weighted by atomic mass is 10.0. The van der Waals surface area contributed by atoms with Gasteiger partial charge in [0.2, 0.25) is 0 Å². The second kappa shape index (κ2) is 8.95. The summed E-state index contributed by atoms with van der Waals surface area (Å²) in [7, 11) is 1.66. The van der Waals surface area contributed by atoms with Gasteiger partial charge in [-0.2, -0.15) is 0 Å². The van der Waals surface area contributed by atoms with E-state index < -0.39 is 0 Å². The fourth-order valence-electron chi connectivity index (χ4n) is 2.24. The molecule has 1 aromatic rings. The topological polar surface area (TPSA) is 32.7 Å². The maximum Gasteiger partial charge on any atom is 0.118 e. The lowest BCUT2D eigenvalue weighted by molar-refractivity contribution is 0.0953. The first-order valence-corrected chi connectivity index (χ1v) is 6.75. The molecule has 0 aliphatic carbocycles. The van der Waals surface area contributed by atoms with Gasteiger partial charge in [0.15, 0.2) is 0 Å². The molecule has 102 valence electrons. The van der Waals surface area contributed by atoms with Crippen molar-refractivity contribution in [3.05, 3.63) is 30.3 Å². The van der Waals surface area contributed by atoms with E-state index in [0.717, 1.165) is 12.3 Å². The largest absolute Gasteiger partial charge is 0.497 e. The first-order valence-electron chi connectivity index (χ1n) is 6.75. The van der Waals surface area contributed by atoms with Crippen molar-refractivity contribution in [2.45, 2.75) is 32.2 Å². The molecule has 0 aromatic heterocycles. The molecule has 3 heteroatoms. The molecule has 1 unspecified atom stereocenters. The van der Waals surface area contributed by atoms with Gasteiger partial charge in [-0.15, -0.1) is 0 Å². The monoisotopic (exact) mass is 251 g/mol. The number of rotatable bonds is 3. The van der Waals surface area contributed by atoms with Crippen molar-refractivity contribution in [2.75, 3.05) is 26.8 Å². The second-order valence-electron chi connectivity index (χ2n) is 4.48. The van der Waals surface area contributed by atoms with E-state index in [1.807, 2.05) is 30.3 Å². The Bertz CT molecular complexity index is 291. The summed E-state index contributed by atoms with van der Waals surface area (Å²) < 4.78 is 4.91. The third-order valence-electron chi connectivity index (χ3n) is 3.34. The molecular weight excluding hydrogens is 226 g/mol. The van der Waals surface area contributed by atoms with Gasteiger partial charge in [0.25, 0.3) is 0 Å². The molecule has 1 saturated heterocycles. The van der Waals surface area contributed by atoms with E-state index in [-0.39, 0.29) is 0 Å². The predicted octanol–water partition coefficient (Wildman–Crippen LogP) is 2.55. The number of piperidine rings is 1. The summed E-state index contributed by atoms with van der Waals surface area (Å²) in [5.74, 6) is 0.910. The number of benzene rings is 1. The van der Waals surface area contributed by atoms with E-state index in [1.165, 1.54) is 25.8 Å². The highest BCUT2D eigenvalue weighted by Gasteiger charge is 2.18. The Kier molecular flexibility index (Phi) is 7.46. The lowest BCUT2D eigenvalue weighted by Gasteiger charge is -2.33. The van der Waals surface area contributed by atoms with Gasteiger partial charge >= 0.3 is 0 Å². The maximum atomic E-state index is 8.95. The highest BCUT2D eigenvalue weighted by molar-refractivity contribution is 5.20. The van der Waals surface area contributed by atoms with Crippen molar-refractivity contribution in [2.24, 2.45) is 0 Å². The maximum absolute atomic E-state index is 8.95. The second-order valence-corrected chi connectivity index (χ2v) is 4.48. The molecule has 1 aromatic carbocycles. The van der Waals surface area contributed by atoms with Crippen LogP contribution < -0.4 is 4.74 Å². The average Bonchev–Trinajstić information content (AvgIpc) is 2.48. The normalized spacial score (nSPS) is 19.8. The van der Waals surface area contributed by atoms with Gasteiger partial charge in [-0.05, 0) is 38.1 Å². The van der Waals surface area contributed by atoms with Crippen LogP contribution in [0, 0.1) is 0 Å². The Hall–Kier alpha value is -1.06. The fraction of sp³-hybridized carbons (Fsp3) is 0.600. The first kappa shape index (κ1) is 15.0. The van der Waals surface area contributed by atoms with Crippen molar-refractivity contribution in [3.8, 4) is 5.75 Å². The summed E-state index contributed by atoms with van der Waals surface area (Å²) in [6.07, 6.45) is 3.79. The number of hydrogen-bond acceptors (Lipinski definition) is 3. The Morgan fingerprint density at radius 1 is 1.28 bits per heavy atom. The van der Waals surface area contributed by atoms with Crippen LogP contribution in [0.4, 0.5) is 0 Å². The van der Waals surface area contributed by atoms with Crippen LogP contribution in [-0.4, -0.2) is 42.9 Å². The molecule has 1 fully saturated rings. The standard InChI is InChI=1S/C8H17NO.C7H8O/c1-2-9-6-4-3-5-8(9)7-10;1-8-7-5-3-2-4-6-7/h8,10H,2-7H2,1H3;2-6H,1H3. The van der Waals surface area contributed by atoms with Gasteiger partial charge in [-0.1, -0.05) is 31.5 Å². The number of nitrogens with zero attached hydrogens (tertiary/aromatic N) is 1. The smallest absolute Gasteiger partial charge is 0.118 e.